The molecule has 1 heterocycles. The first-order chi connectivity index (χ1) is 14.5. The highest BCUT2D eigenvalue weighted by Gasteiger charge is 2.26. The van der Waals surface area contributed by atoms with Crippen LogP contribution in [-0.2, 0) is 6.54 Å². The van der Waals surface area contributed by atoms with E-state index in [9.17, 15) is 9.59 Å². The van der Waals surface area contributed by atoms with E-state index in [-0.39, 0.29) is 17.5 Å². The van der Waals surface area contributed by atoms with Crippen molar-refractivity contribution in [2.75, 3.05) is 6.54 Å². The van der Waals surface area contributed by atoms with E-state index in [2.05, 4.69) is 22.9 Å². The zero-order chi connectivity index (χ0) is 21.7. The zero-order valence-electron chi connectivity index (χ0n) is 17.8. The molecule has 0 aliphatic rings. The van der Waals surface area contributed by atoms with Gasteiger partial charge in [-0.05, 0) is 56.7 Å². The number of carbonyl (C=O) groups is 1. The molecule has 3 aromatic rings. The summed E-state index contributed by atoms with van der Waals surface area (Å²) in [6.45, 7) is 7.17. The fourth-order valence-electron chi connectivity index (χ4n) is 3.71. The molecule has 1 amide bonds. The predicted octanol–water partition coefficient (Wildman–Crippen LogP) is 5.57. The molecule has 2 aromatic carbocycles. The molecule has 0 aliphatic heterocycles. The van der Waals surface area contributed by atoms with Gasteiger partial charge < -0.3 is 4.90 Å². The number of fused-ring (bicyclic) bond motifs is 1. The van der Waals surface area contributed by atoms with E-state index >= 15 is 0 Å². The maximum Gasteiger partial charge on any atom is 0.261 e. The second-order valence-electron chi connectivity index (χ2n) is 7.43. The van der Waals surface area contributed by atoms with Crippen molar-refractivity contribution in [1.82, 2.24) is 14.5 Å². The summed E-state index contributed by atoms with van der Waals surface area (Å²) in [6, 6.07) is 14.5. The van der Waals surface area contributed by atoms with Gasteiger partial charge in [-0.3, -0.25) is 14.2 Å². The molecule has 5 nitrogen and oxygen atoms in total. The van der Waals surface area contributed by atoms with Gasteiger partial charge in [0, 0.05) is 23.1 Å². The fraction of sp³-hybridized carbons (Fsp3) is 0.375. The second-order valence-corrected chi connectivity index (χ2v) is 8.34. The number of hydrogen-bond acceptors (Lipinski definition) is 3. The predicted molar refractivity (Wildman–Crippen MR) is 125 cm³/mol. The van der Waals surface area contributed by atoms with Crippen LogP contribution < -0.4 is 5.56 Å². The van der Waals surface area contributed by atoms with Crippen molar-refractivity contribution in [2.45, 2.75) is 52.6 Å². The minimum absolute atomic E-state index is 0.0452. The molecular weight excluding hydrogens is 442 g/mol. The highest BCUT2D eigenvalue weighted by Crippen LogP contribution is 2.24. The minimum atomic E-state index is -0.324. The number of hydrogen-bond donors (Lipinski definition) is 0. The van der Waals surface area contributed by atoms with Gasteiger partial charge in [0.2, 0.25) is 0 Å². The number of unbranched alkanes of at least 4 members (excludes halogenated alkanes) is 2. The molecule has 0 aliphatic carbocycles. The Morgan fingerprint density at radius 1 is 1.10 bits per heavy atom. The number of rotatable bonds is 8. The highest BCUT2D eigenvalue weighted by atomic mass is 79.9. The number of para-hydroxylation sites is 1. The van der Waals surface area contributed by atoms with E-state index in [1.54, 1.807) is 10.6 Å². The Bertz CT molecular complexity index is 1080. The van der Waals surface area contributed by atoms with Gasteiger partial charge in [-0.25, -0.2) is 4.98 Å². The Morgan fingerprint density at radius 3 is 2.47 bits per heavy atom. The molecule has 30 heavy (non-hydrogen) atoms. The topological polar surface area (TPSA) is 55.2 Å². The van der Waals surface area contributed by atoms with E-state index in [1.807, 2.05) is 61.2 Å². The molecule has 0 saturated heterocycles. The standard InChI is InChI=1S/C24H28BrN3O2/c1-4-6-9-16-28(23(29)18-12-14-19(25)15-13-18)17(3)22-26-21-11-8-7-10-20(21)24(30)27(22)5-2/h7-8,10-15,17H,4-6,9,16H2,1-3H3. The van der Waals surface area contributed by atoms with Crippen LogP contribution in [0.3, 0.4) is 0 Å². The zero-order valence-corrected chi connectivity index (χ0v) is 19.4. The number of halogens is 1. The van der Waals surface area contributed by atoms with E-state index in [0.29, 0.717) is 35.4 Å². The molecule has 0 spiro atoms. The van der Waals surface area contributed by atoms with Crippen molar-refractivity contribution in [3.63, 3.8) is 0 Å². The first-order valence-corrected chi connectivity index (χ1v) is 11.3. The lowest BCUT2D eigenvalue weighted by Crippen LogP contribution is -2.38. The summed E-state index contributed by atoms with van der Waals surface area (Å²) in [5.41, 5.74) is 1.24. The average Bonchev–Trinajstić information content (AvgIpc) is 2.76. The monoisotopic (exact) mass is 469 g/mol. The van der Waals surface area contributed by atoms with E-state index in [4.69, 9.17) is 4.98 Å². The highest BCUT2D eigenvalue weighted by molar-refractivity contribution is 9.10. The van der Waals surface area contributed by atoms with Crippen molar-refractivity contribution in [2.24, 2.45) is 0 Å². The summed E-state index contributed by atoms with van der Waals surface area (Å²) in [7, 11) is 0. The van der Waals surface area contributed by atoms with Crippen molar-refractivity contribution in [1.29, 1.82) is 0 Å². The Balaban J connectivity index is 2.05. The molecule has 0 saturated carbocycles. The molecule has 1 unspecified atom stereocenters. The first kappa shape index (κ1) is 22.2. The van der Waals surface area contributed by atoms with Crippen LogP contribution in [0.15, 0.2) is 57.8 Å². The Labute approximate surface area is 185 Å². The van der Waals surface area contributed by atoms with Gasteiger partial charge in [0.25, 0.3) is 11.5 Å². The van der Waals surface area contributed by atoms with Gasteiger partial charge in [-0.2, -0.15) is 0 Å². The molecule has 1 atom stereocenters. The van der Waals surface area contributed by atoms with Crippen LogP contribution in [0.1, 0.15) is 62.3 Å². The SMILES string of the molecule is CCCCCN(C(=O)c1ccc(Br)cc1)C(C)c1nc2ccccc2c(=O)n1CC. The van der Waals surface area contributed by atoms with Crippen LogP contribution in [0.4, 0.5) is 0 Å². The maximum atomic E-state index is 13.4. The first-order valence-electron chi connectivity index (χ1n) is 10.5. The minimum Gasteiger partial charge on any atom is -0.329 e. The van der Waals surface area contributed by atoms with Crippen LogP contribution in [0.5, 0.6) is 0 Å². The smallest absolute Gasteiger partial charge is 0.261 e. The molecule has 6 heteroatoms. The van der Waals surface area contributed by atoms with Crippen molar-refractivity contribution in [3.8, 4) is 0 Å². The largest absolute Gasteiger partial charge is 0.329 e. The summed E-state index contributed by atoms with van der Waals surface area (Å²) in [5.74, 6) is 0.583. The van der Waals surface area contributed by atoms with Gasteiger partial charge in [-0.15, -0.1) is 0 Å². The van der Waals surface area contributed by atoms with Crippen LogP contribution in [0.2, 0.25) is 0 Å². The van der Waals surface area contributed by atoms with Crippen LogP contribution in [-0.4, -0.2) is 26.9 Å². The summed E-state index contributed by atoms with van der Waals surface area (Å²) < 4.78 is 2.62. The Hall–Kier alpha value is -2.47. The Morgan fingerprint density at radius 2 is 1.80 bits per heavy atom. The number of nitrogens with zero attached hydrogens (tertiary/aromatic N) is 3. The summed E-state index contributed by atoms with van der Waals surface area (Å²) >= 11 is 3.43. The molecule has 0 radical (unpaired) electrons. The van der Waals surface area contributed by atoms with Crippen molar-refractivity contribution in [3.05, 3.63) is 74.7 Å². The molecule has 0 fully saturated rings. The van der Waals surface area contributed by atoms with Crippen LogP contribution in [0, 0.1) is 0 Å². The summed E-state index contributed by atoms with van der Waals surface area (Å²) in [5, 5.41) is 0.604. The third-order valence-corrected chi connectivity index (χ3v) is 5.93. The lowest BCUT2D eigenvalue weighted by atomic mass is 10.1. The van der Waals surface area contributed by atoms with Gasteiger partial charge in [0.15, 0.2) is 0 Å². The summed E-state index contributed by atoms with van der Waals surface area (Å²) in [6.07, 6.45) is 3.03. The summed E-state index contributed by atoms with van der Waals surface area (Å²) in [4.78, 5) is 33.1. The van der Waals surface area contributed by atoms with Gasteiger partial charge in [0.1, 0.15) is 5.82 Å². The Kier molecular flexibility index (Phi) is 7.43. The lowest BCUT2D eigenvalue weighted by Gasteiger charge is -2.30. The van der Waals surface area contributed by atoms with E-state index < -0.39 is 0 Å². The van der Waals surface area contributed by atoms with Crippen LogP contribution >= 0.6 is 15.9 Å². The molecule has 0 N–H and O–H groups in total. The maximum absolute atomic E-state index is 13.4. The number of aromatic nitrogens is 2. The molecule has 0 bridgehead atoms. The quantitative estimate of drug-likeness (QED) is 0.405. The number of amides is 1. The van der Waals surface area contributed by atoms with E-state index in [0.717, 1.165) is 23.7 Å². The third kappa shape index (κ3) is 4.64. The molecular formula is C24H28BrN3O2. The second kappa shape index (κ2) is 10.0. The molecule has 1 aromatic heterocycles. The lowest BCUT2D eigenvalue weighted by molar-refractivity contribution is 0.0675. The molecule has 158 valence electrons. The average molecular weight is 470 g/mol. The normalized spacial score (nSPS) is 12.1. The number of carbonyl (C=O) groups excluding carboxylic acids is 1. The van der Waals surface area contributed by atoms with Crippen molar-refractivity contribution >= 4 is 32.7 Å². The van der Waals surface area contributed by atoms with Gasteiger partial charge in [-0.1, -0.05) is 47.8 Å². The fourth-order valence-corrected chi connectivity index (χ4v) is 3.97. The van der Waals surface area contributed by atoms with Gasteiger partial charge in [0.05, 0.1) is 16.9 Å². The van der Waals surface area contributed by atoms with Crippen LogP contribution in [0.25, 0.3) is 10.9 Å². The molecule has 3 rings (SSSR count). The van der Waals surface area contributed by atoms with E-state index in [1.165, 1.54) is 0 Å². The van der Waals surface area contributed by atoms with Crippen molar-refractivity contribution < 1.29 is 4.79 Å². The number of benzene rings is 2. The van der Waals surface area contributed by atoms with Gasteiger partial charge >= 0.3 is 0 Å². The third-order valence-electron chi connectivity index (χ3n) is 5.40.